The number of nitrogens with zero attached hydrogens (tertiary/aromatic N) is 3. The third kappa shape index (κ3) is 5.82. The molecule has 0 radical (unpaired) electrons. The summed E-state index contributed by atoms with van der Waals surface area (Å²) in [6, 6.07) is 8.78. The summed E-state index contributed by atoms with van der Waals surface area (Å²) in [7, 11) is 0. The van der Waals surface area contributed by atoms with Crippen LogP contribution in [0.15, 0.2) is 24.3 Å². The molecule has 0 bridgehead atoms. The van der Waals surface area contributed by atoms with E-state index in [1.54, 1.807) is 29.2 Å². The highest BCUT2D eigenvalue weighted by Crippen LogP contribution is 2.22. The second-order valence-electron chi connectivity index (χ2n) is 8.10. The highest BCUT2D eigenvalue weighted by Gasteiger charge is 2.30. The number of rotatable bonds is 2. The molecule has 0 unspecified atom stereocenters. The lowest BCUT2D eigenvalue weighted by atomic mass is 9.94. The van der Waals surface area contributed by atoms with E-state index in [4.69, 9.17) is 5.26 Å². The van der Waals surface area contributed by atoms with E-state index >= 15 is 0 Å². The van der Waals surface area contributed by atoms with Gasteiger partial charge in [-0.1, -0.05) is 18.9 Å². The number of hydrogen-bond acceptors (Lipinski definition) is 4. The Kier molecular flexibility index (Phi) is 7.83. The largest absolute Gasteiger partial charge is 0.356 e. The zero-order valence-corrected chi connectivity index (χ0v) is 17.4. The van der Waals surface area contributed by atoms with Gasteiger partial charge >= 0.3 is 0 Å². The van der Waals surface area contributed by atoms with Crippen molar-refractivity contribution in [2.75, 3.05) is 32.7 Å². The summed E-state index contributed by atoms with van der Waals surface area (Å²) in [6.07, 6.45) is 5.69. The summed E-state index contributed by atoms with van der Waals surface area (Å²) < 4.78 is 0. The zero-order valence-electron chi connectivity index (χ0n) is 17.4. The Labute approximate surface area is 178 Å². The number of piperidine rings is 1. The van der Waals surface area contributed by atoms with Gasteiger partial charge in [0.1, 0.15) is 0 Å². The highest BCUT2D eigenvalue weighted by atomic mass is 16.2. The van der Waals surface area contributed by atoms with E-state index in [1.165, 1.54) is 0 Å². The molecular weight excluding hydrogens is 380 g/mol. The van der Waals surface area contributed by atoms with Gasteiger partial charge in [-0.05, 0) is 43.9 Å². The molecule has 7 heteroatoms. The molecule has 3 rings (SSSR count). The fourth-order valence-corrected chi connectivity index (χ4v) is 4.16. The molecule has 1 aromatic carbocycles. The third-order valence-electron chi connectivity index (χ3n) is 5.97. The molecule has 0 aliphatic carbocycles. The van der Waals surface area contributed by atoms with Crippen LogP contribution >= 0.6 is 0 Å². The maximum Gasteiger partial charge on any atom is 0.253 e. The molecule has 2 aliphatic heterocycles. The monoisotopic (exact) mass is 410 g/mol. The van der Waals surface area contributed by atoms with E-state index in [-0.39, 0.29) is 23.6 Å². The van der Waals surface area contributed by atoms with Crippen molar-refractivity contribution in [2.45, 2.75) is 44.9 Å². The number of amides is 3. The van der Waals surface area contributed by atoms with Gasteiger partial charge in [0, 0.05) is 50.6 Å². The lowest BCUT2D eigenvalue weighted by Crippen LogP contribution is -2.45. The molecule has 30 heavy (non-hydrogen) atoms. The fraction of sp³-hybridized carbons (Fsp3) is 0.565. The van der Waals surface area contributed by atoms with E-state index in [1.807, 2.05) is 4.90 Å². The first-order chi connectivity index (χ1) is 14.6. The fourth-order valence-electron chi connectivity index (χ4n) is 4.16. The first kappa shape index (κ1) is 21.8. The molecule has 2 aliphatic rings. The summed E-state index contributed by atoms with van der Waals surface area (Å²) >= 11 is 0. The minimum atomic E-state index is -0.104. The van der Waals surface area contributed by atoms with Crippen molar-refractivity contribution < 1.29 is 14.4 Å². The van der Waals surface area contributed by atoms with E-state index in [9.17, 15) is 14.4 Å². The van der Waals surface area contributed by atoms with Crippen molar-refractivity contribution in [2.24, 2.45) is 5.92 Å². The lowest BCUT2D eigenvalue weighted by Gasteiger charge is -2.34. The minimum absolute atomic E-state index is 0.00900. The van der Waals surface area contributed by atoms with Crippen molar-refractivity contribution in [1.82, 2.24) is 15.1 Å². The molecule has 0 aromatic heterocycles. The summed E-state index contributed by atoms with van der Waals surface area (Å²) in [5.74, 6) is -0.0760. The maximum atomic E-state index is 13.1. The topological polar surface area (TPSA) is 93.5 Å². The Morgan fingerprint density at radius 1 is 1.00 bits per heavy atom. The number of nitrogens with one attached hydrogen (secondary N) is 1. The van der Waals surface area contributed by atoms with E-state index < -0.39 is 0 Å². The third-order valence-corrected chi connectivity index (χ3v) is 5.97. The van der Waals surface area contributed by atoms with E-state index in [2.05, 4.69) is 11.4 Å². The quantitative estimate of drug-likeness (QED) is 0.810. The van der Waals surface area contributed by atoms with Crippen LogP contribution in [-0.4, -0.2) is 60.2 Å². The smallest absolute Gasteiger partial charge is 0.253 e. The number of likely N-dealkylation sites (tertiary alicyclic amines) is 1. The predicted octanol–water partition coefficient (Wildman–Crippen LogP) is 2.32. The van der Waals surface area contributed by atoms with Crippen LogP contribution in [0.5, 0.6) is 0 Å². The van der Waals surface area contributed by atoms with E-state index in [0.29, 0.717) is 56.6 Å². The molecule has 160 valence electrons. The van der Waals surface area contributed by atoms with Crippen LogP contribution in [0, 0.1) is 17.2 Å². The second-order valence-corrected chi connectivity index (χ2v) is 8.10. The van der Waals surface area contributed by atoms with Gasteiger partial charge in [-0.2, -0.15) is 5.26 Å². The average molecular weight is 411 g/mol. The Morgan fingerprint density at radius 3 is 2.53 bits per heavy atom. The normalized spacial score (nSPS) is 19.4. The molecule has 7 nitrogen and oxygen atoms in total. The molecular formula is C23H30N4O3. The molecule has 2 heterocycles. The molecule has 1 aromatic rings. The van der Waals surface area contributed by atoms with Gasteiger partial charge in [0.05, 0.1) is 11.6 Å². The molecule has 2 fully saturated rings. The van der Waals surface area contributed by atoms with Crippen LogP contribution in [-0.2, 0) is 9.59 Å². The van der Waals surface area contributed by atoms with E-state index in [0.717, 1.165) is 32.2 Å². The Bertz CT molecular complexity index is 809. The van der Waals surface area contributed by atoms with Crippen LogP contribution in [0.3, 0.4) is 0 Å². The standard InChI is InChI=1S/C23H30N4O3/c24-17-18-6-5-7-20(16-18)23(30)27-13-8-19(9-14-27)22(29)26-12-4-2-1-3-11-25-21(28)10-15-26/h5-7,16,19H,1-4,8-15H2,(H,25,28). The Balaban J connectivity index is 1.56. The number of nitriles is 1. The van der Waals surface area contributed by atoms with Crippen molar-refractivity contribution in [3.8, 4) is 6.07 Å². The van der Waals surface area contributed by atoms with Crippen molar-refractivity contribution >= 4 is 17.7 Å². The Morgan fingerprint density at radius 2 is 1.77 bits per heavy atom. The average Bonchev–Trinajstić information content (AvgIpc) is 2.84. The zero-order chi connectivity index (χ0) is 21.3. The van der Waals surface area contributed by atoms with Gasteiger partial charge in [0.15, 0.2) is 0 Å². The number of carbonyl (C=O) groups is 3. The highest BCUT2D eigenvalue weighted by molar-refractivity contribution is 5.94. The van der Waals surface area contributed by atoms with Crippen LogP contribution in [0.2, 0.25) is 0 Å². The van der Waals surface area contributed by atoms with Crippen molar-refractivity contribution in [3.63, 3.8) is 0 Å². The molecule has 0 atom stereocenters. The van der Waals surface area contributed by atoms with Crippen LogP contribution in [0.4, 0.5) is 0 Å². The first-order valence-corrected chi connectivity index (χ1v) is 10.9. The van der Waals surface area contributed by atoms with Gasteiger partial charge < -0.3 is 15.1 Å². The molecule has 0 saturated carbocycles. The van der Waals surface area contributed by atoms with Gasteiger partial charge in [0.25, 0.3) is 5.91 Å². The number of carbonyl (C=O) groups excluding carboxylic acids is 3. The first-order valence-electron chi connectivity index (χ1n) is 10.9. The summed E-state index contributed by atoms with van der Waals surface area (Å²) in [4.78, 5) is 41.4. The number of hydrogen-bond donors (Lipinski definition) is 1. The Hall–Kier alpha value is -2.88. The molecule has 1 N–H and O–H groups in total. The summed E-state index contributed by atoms with van der Waals surface area (Å²) in [5, 5.41) is 12.0. The molecule has 2 saturated heterocycles. The van der Waals surface area contributed by atoms with Gasteiger partial charge in [0.2, 0.25) is 11.8 Å². The predicted molar refractivity (Wildman–Crippen MR) is 112 cm³/mol. The SMILES string of the molecule is N#Cc1cccc(C(=O)N2CCC(C(=O)N3CCCCCCNC(=O)CC3)CC2)c1. The van der Waals surface area contributed by atoms with Crippen LogP contribution in [0.25, 0.3) is 0 Å². The second kappa shape index (κ2) is 10.8. The van der Waals surface area contributed by atoms with Gasteiger partial charge in [-0.15, -0.1) is 0 Å². The van der Waals surface area contributed by atoms with Crippen molar-refractivity contribution in [1.29, 1.82) is 5.26 Å². The lowest BCUT2D eigenvalue weighted by molar-refractivity contribution is -0.137. The summed E-state index contributed by atoms with van der Waals surface area (Å²) in [5.41, 5.74) is 0.978. The van der Waals surface area contributed by atoms with Crippen LogP contribution in [0.1, 0.15) is 60.9 Å². The summed E-state index contributed by atoms with van der Waals surface area (Å²) in [6.45, 7) is 2.94. The van der Waals surface area contributed by atoms with Crippen molar-refractivity contribution in [3.05, 3.63) is 35.4 Å². The van der Waals surface area contributed by atoms with Gasteiger partial charge in [-0.3, -0.25) is 14.4 Å². The maximum absolute atomic E-state index is 13.1. The minimum Gasteiger partial charge on any atom is -0.356 e. The molecule has 0 spiro atoms. The van der Waals surface area contributed by atoms with Crippen LogP contribution < -0.4 is 5.32 Å². The molecule has 3 amide bonds. The number of benzene rings is 1. The van der Waals surface area contributed by atoms with Gasteiger partial charge in [-0.25, -0.2) is 0 Å².